The minimum Gasteiger partial charge on any atom is -0.198 e. The topological polar surface area (TPSA) is 47.6 Å². The Morgan fingerprint density at radius 1 is 1.12 bits per heavy atom. The minimum absolute atomic E-state index is 0.431. The summed E-state index contributed by atoms with van der Waals surface area (Å²) in [5.41, 5.74) is 4.03. The molecule has 0 heterocycles. The highest BCUT2D eigenvalue weighted by atomic mass is 14.3. The molecule has 0 N–H and O–H groups in total. The number of benzene rings is 1. The second kappa shape index (κ2) is 6.06. The van der Waals surface area contributed by atoms with E-state index in [4.69, 9.17) is 10.5 Å². The summed E-state index contributed by atoms with van der Waals surface area (Å²) >= 11 is 0. The smallest absolute Gasteiger partial charge is 0.0994 e. The van der Waals surface area contributed by atoms with Gasteiger partial charge in [0.2, 0.25) is 0 Å². The molecule has 0 saturated carbocycles. The molecule has 1 aromatic carbocycles. The molecule has 17 heavy (non-hydrogen) atoms. The van der Waals surface area contributed by atoms with Crippen molar-refractivity contribution in [1.82, 2.24) is 0 Å². The van der Waals surface area contributed by atoms with E-state index in [9.17, 15) is 0 Å². The third-order valence-corrected chi connectivity index (χ3v) is 2.82. The van der Waals surface area contributed by atoms with Gasteiger partial charge in [0, 0.05) is 0 Å². The van der Waals surface area contributed by atoms with Gasteiger partial charge < -0.3 is 0 Å². The van der Waals surface area contributed by atoms with Gasteiger partial charge in [-0.1, -0.05) is 26.8 Å². The van der Waals surface area contributed by atoms with Gasteiger partial charge in [-0.05, 0) is 41.5 Å². The summed E-state index contributed by atoms with van der Waals surface area (Å²) in [6.45, 7) is 6.33. The molecule has 0 atom stereocenters. The Kier molecular flexibility index (Phi) is 4.73. The van der Waals surface area contributed by atoms with Crippen LogP contribution in [0.15, 0.2) is 12.1 Å². The fourth-order valence-electron chi connectivity index (χ4n) is 2.02. The lowest BCUT2D eigenvalue weighted by molar-refractivity contribution is 0.643. The van der Waals surface area contributed by atoms with Crippen molar-refractivity contribution in [1.29, 1.82) is 10.5 Å². The lowest BCUT2D eigenvalue weighted by Crippen LogP contribution is -2.02. The molecule has 0 amide bonds. The first-order valence-corrected chi connectivity index (χ1v) is 6.04. The molecule has 0 unspecified atom stereocenters. The lowest BCUT2D eigenvalue weighted by Gasteiger charge is -2.12. The summed E-state index contributed by atoms with van der Waals surface area (Å²) in [6, 6.07) is 8.44. The molecule has 88 valence electrons. The zero-order valence-electron chi connectivity index (χ0n) is 10.7. The van der Waals surface area contributed by atoms with Gasteiger partial charge in [-0.2, -0.15) is 10.5 Å². The Bertz CT molecular complexity index is 473. The molecule has 1 aromatic rings. The first-order chi connectivity index (χ1) is 8.12. The van der Waals surface area contributed by atoms with Crippen LogP contribution in [0.3, 0.4) is 0 Å². The maximum Gasteiger partial charge on any atom is 0.0994 e. The Morgan fingerprint density at radius 2 is 1.82 bits per heavy atom. The van der Waals surface area contributed by atoms with Crippen LogP contribution in [-0.2, 0) is 19.3 Å². The van der Waals surface area contributed by atoms with E-state index in [1.807, 2.05) is 19.1 Å². The second-order valence-electron chi connectivity index (χ2n) is 4.68. The quantitative estimate of drug-likeness (QED) is 0.790. The van der Waals surface area contributed by atoms with E-state index in [-0.39, 0.29) is 0 Å². The van der Waals surface area contributed by atoms with Gasteiger partial charge in [0.25, 0.3) is 0 Å². The Morgan fingerprint density at radius 3 is 2.29 bits per heavy atom. The number of hydrogen-bond acceptors (Lipinski definition) is 2. The maximum absolute atomic E-state index is 9.11. The van der Waals surface area contributed by atoms with E-state index in [2.05, 4.69) is 26.0 Å². The van der Waals surface area contributed by atoms with Gasteiger partial charge >= 0.3 is 0 Å². The third-order valence-electron chi connectivity index (χ3n) is 2.82. The predicted molar refractivity (Wildman–Crippen MR) is 68.4 cm³/mol. The molecule has 0 aromatic heterocycles. The van der Waals surface area contributed by atoms with Crippen LogP contribution in [0, 0.1) is 28.6 Å². The van der Waals surface area contributed by atoms with Crippen molar-refractivity contribution in [2.75, 3.05) is 0 Å². The number of rotatable bonds is 4. The number of hydrogen-bond donors (Lipinski definition) is 0. The van der Waals surface area contributed by atoms with Crippen LogP contribution in [-0.4, -0.2) is 0 Å². The molecule has 0 saturated heterocycles. The Balaban J connectivity index is 3.26. The number of nitriles is 2. The fourth-order valence-corrected chi connectivity index (χ4v) is 2.02. The van der Waals surface area contributed by atoms with E-state index >= 15 is 0 Å². The van der Waals surface area contributed by atoms with Gasteiger partial charge in [0.1, 0.15) is 0 Å². The highest BCUT2D eigenvalue weighted by molar-refractivity contribution is 5.45. The number of nitrogens with zero attached hydrogens (tertiary/aromatic N) is 2. The molecule has 0 aliphatic heterocycles. The summed E-state index contributed by atoms with van der Waals surface area (Å²) in [6.07, 6.45) is 2.19. The Labute approximate surface area is 104 Å². The fraction of sp³-hybridized carbons (Fsp3) is 0.467. The van der Waals surface area contributed by atoms with Crippen LogP contribution < -0.4 is 0 Å². The van der Waals surface area contributed by atoms with Gasteiger partial charge in [-0.3, -0.25) is 0 Å². The van der Waals surface area contributed by atoms with E-state index in [0.29, 0.717) is 12.3 Å². The van der Waals surface area contributed by atoms with E-state index in [0.717, 1.165) is 35.1 Å². The van der Waals surface area contributed by atoms with Crippen molar-refractivity contribution >= 4 is 0 Å². The molecular weight excluding hydrogens is 208 g/mol. The van der Waals surface area contributed by atoms with Crippen LogP contribution >= 0.6 is 0 Å². The van der Waals surface area contributed by atoms with Crippen LogP contribution in [0.4, 0.5) is 0 Å². The van der Waals surface area contributed by atoms with Crippen molar-refractivity contribution in [3.05, 3.63) is 34.4 Å². The van der Waals surface area contributed by atoms with Gasteiger partial charge in [0.05, 0.1) is 24.1 Å². The van der Waals surface area contributed by atoms with E-state index in [1.54, 1.807) is 0 Å². The molecular formula is C15H18N2. The van der Waals surface area contributed by atoms with Crippen LogP contribution in [0.5, 0.6) is 0 Å². The molecule has 0 bridgehead atoms. The molecule has 0 spiro atoms. The summed E-state index contributed by atoms with van der Waals surface area (Å²) in [7, 11) is 0. The summed E-state index contributed by atoms with van der Waals surface area (Å²) in [5.74, 6) is 0.534. The SMILES string of the molecule is CCc1cc(CC#N)c(CC(C)C)cc1C#N. The van der Waals surface area contributed by atoms with Gasteiger partial charge in [0.15, 0.2) is 0 Å². The molecule has 0 aliphatic rings. The Hall–Kier alpha value is -1.80. The van der Waals surface area contributed by atoms with Crippen molar-refractivity contribution in [2.45, 2.75) is 40.0 Å². The zero-order valence-corrected chi connectivity index (χ0v) is 10.7. The van der Waals surface area contributed by atoms with Crippen molar-refractivity contribution < 1.29 is 0 Å². The summed E-state index contributed by atoms with van der Waals surface area (Å²) < 4.78 is 0. The third kappa shape index (κ3) is 3.33. The average molecular weight is 226 g/mol. The minimum atomic E-state index is 0.431. The first kappa shape index (κ1) is 13.3. The van der Waals surface area contributed by atoms with Gasteiger partial charge in [-0.15, -0.1) is 0 Å². The molecule has 1 rings (SSSR count). The summed E-state index contributed by atoms with van der Waals surface area (Å²) in [5, 5.41) is 18.0. The molecule has 0 radical (unpaired) electrons. The summed E-state index contributed by atoms with van der Waals surface area (Å²) in [4.78, 5) is 0. The molecule has 0 fully saturated rings. The van der Waals surface area contributed by atoms with Crippen LogP contribution in [0.1, 0.15) is 43.0 Å². The average Bonchev–Trinajstić information content (AvgIpc) is 2.30. The standard InChI is InChI=1S/C15H18N2/c1-4-12-8-13(5-6-16)14(7-11(2)3)9-15(12)10-17/h8-9,11H,4-5,7H2,1-3H3. The van der Waals surface area contributed by atoms with Crippen molar-refractivity contribution in [2.24, 2.45) is 5.92 Å². The van der Waals surface area contributed by atoms with Crippen molar-refractivity contribution in [3.8, 4) is 12.1 Å². The highest BCUT2D eigenvalue weighted by Crippen LogP contribution is 2.20. The molecule has 2 heteroatoms. The molecule has 2 nitrogen and oxygen atoms in total. The molecule has 0 aliphatic carbocycles. The first-order valence-electron chi connectivity index (χ1n) is 6.04. The highest BCUT2D eigenvalue weighted by Gasteiger charge is 2.10. The second-order valence-corrected chi connectivity index (χ2v) is 4.68. The lowest BCUT2D eigenvalue weighted by atomic mass is 9.91. The van der Waals surface area contributed by atoms with E-state index < -0.39 is 0 Å². The predicted octanol–water partition coefficient (Wildman–Crippen LogP) is 3.39. The van der Waals surface area contributed by atoms with Crippen molar-refractivity contribution in [3.63, 3.8) is 0 Å². The monoisotopic (exact) mass is 226 g/mol. The normalized spacial score (nSPS) is 10.0. The number of aryl methyl sites for hydroxylation is 1. The largest absolute Gasteiger partial charge is 0.198 e. The van der Waals surface area contributed by atoms with E-state index in [1.165, 1.54) is 0 Å². The maximum atomic E-state index is 9.11. The van der Waals surface area contributed by atoms with Gasteiger partial charge in [-0.25, -0.2) is 0 Å². The van der Waals surface area contributed by atoms with Crippen LogP contribution in [0.2, 0.25) is 0 Å². The van der Waals surface area contributed by atoms with Crippen LogP contribution in [0.25, 0.3) is 0 Å². The zero-order chi connectivity index (χ0) is 12.8.